The lowest BCUT2D eigenvalue weighted by Gasteiger charge is -2.51. The number of carbonyl (C=O) groups excluding carboxylic acids is 1. The first-order chi connectivity index (χ1) is 14.0. The molecule has 1 aromatic carbocycles. The van der Waals surface area contributed by atoms with Gasteiger partial charge in [-0.3, -0.25) is 4.79 Å². The van der Waals surface area contributed by atoms with Gasteiger partial charge >= 0.3 is 5.97 Å². The number of aliphatic hydroxyl groups is 1. The van der Waals surface area contributed by atoms with Crippen LogP contribution in [-0.4, -0.2) is 43.5 Å². The van der Waals surface area contributed by atoms with E-state index in [4.69, 9.17) is 9.47 Å². The molecular weight excluding hydrogens is 366 g/mol. The molecule has 1 aromatic rings. The van der Waals surface area contributed by atoms with Crippen LogP contribution in [-0.2, 0) is 16.0 Å². The van der Waals surface area contributed by atoms with E-state index < -0.39 is 6.10 Å². The van der Waals surface area contributed by atoms with Crippen LogP contribution in [0.5, 0.6) is 5.75 Å². The summed E-state index contributed by atoms with van der Waals surface area (Å²) in [5.74, 6) is 0.850. The number of nitrogens with two attached hydrogens (primary N) is 1. The first-order valence-corrected chi connectivity index (χ1v) is 11.0. The maximum Gasteiger partial charge on any atom is 0.315 e. The highest BCUT2D eigenvalue weighted by Gasteiger charge is 2.60. The number of rotatable bonds is 6. The van der Waals surface area contributed by atoms with Crippen molar-refractivity contribution in [3.05, 3.63) is 41.5 Å². The van der Waals surface area contributed by atoms with E-state index in [9.17, 15) is 9.90 Å². The monoisotopic (exact) mass is 400 g/mol. The fourth-order valence-corrected chi connectivity index (χ4v) is 5.80. The van der Waals surface area contributed by atoms with Crippen LogP contribution in [0.1, 0.15) is 38.7 Å². The van der Waals surface area contributed by atoms with Gasteiger partial charge in [0.2, 0.25) is 0 Å². The average molecular weight is 401 g/mol. The summed E-state index contributed by atoms with van der Waals surface area (Å²) in [6.07, 6.45) is 5.40. The molecule has 1 saturated heterocycles. The van der Waals surface area contributed by atoms with Gasteiger partial charge in [-0.15, -0.1) is 0 Å². The fraction of sp³-hybridized carbons (Fsp3) is 0.625. The van der Waals surface area contributed by atoms with E-state index in [0.29, 0.717) is 12.5 Å². The molecule has 1 saturated carbocycles. The molecule has 0 spiro atoms. The fourth-order valence-electron chi connectivity index (χ4n) is 5.80. The Morgan fingerprint density at radius 2 is 2.14 bits per heavy atom. The number of quaternary nitrogens is 1. The smallest absolute Gasteiger partial charge is 0.315 e. The van der Waals surface area contributed by atoms with Gasteiger partial charge in [0.05, 0.1) is 26.3 Å². The second-order valence-corrected chi connectivity index (χ2v) is 9.17. The first kappa shape index (κ1) is 20.4. The van der Waals surface area contributed by atoms with Crippen LogP contribution in [0.25, 0.3) is 0 Å². The Kier molecular flexibility index (Phi) is 5.71. The van der Waals surface area contributed by atoms with E-state index in [1.54, 1.807) is 7.11 Å². The summed E-state index contributed by atoms with van der Waals surface area (Å²) in [6, 6.07) is 8.05. The molecule has 3 aliphatic rings. The number of ether oxygens (including phenoxy) is 2. The second kappa shape index (κ2) is 8.11. The molecule has 0 bridgehead atoms. The van der Waals surface area contributed by atoms with Crippen LogP contribution in [0.15, 0.2) is 35.9 Å². The molecule has 6 atom stereocenters. The van der Waals surface area contributed by atoms with Gasteiger partial charge in [-0.25, -0.2) is 0 Å². The van der Waals surface area contributed by atoms with Crippen LogP contribution >= 0.6 is 0 Å². The number of esters is 1. The van der Waals surface area contributed by atoms with Gasteiger partial charge in [0.25, 0.3) is 0 Å². The van der Waals surface area contributed by atoms with Crippen LogP contribution in [0.2, 0.25) is 0 Å². The molecule has 0 radical (unpaired) electrons. The number of aliphatic hydroxyl groups excluding tert-OH is 1. The number of para-hydroxylation sites is 1. The van der Waals surface area contributed by atoms with E-state index in [1.165, 1.54) is 11.1 Å². The van der Waals surface area contributed by atoms with Crippen molar-refractivity contribution in [3.8, 4) is 5.75 Å². The summed E-state index contributed by atoms with van der Waals surface area (Å²) in [4.78, 5) is 12.6. The van der Waals surface area contributed by atoms with Gasteiger partial charge in [0.1, 0.15) is 17.8 Å². The van der Waals surface area contributed by atoms with Crippen LogP contribution < -0.4 is 10.1 Å². The summed E-state index contributed by atoms with van der Waals surface area (Å²) >= 11 is 0. The van der Waals surface area contributed by atoms with E-state index in [0.717, 1.165) is 38.0 Å². The Balaban J connectivity index is 1.41. The Morgan fingerprint density at radius 3 is 2.93 bits per heavy atom. The van der Waals surface area contributed by atoms with Crippen molar-refractivity contribution >= 4 is 5.97 Å². The average Bonchev–Trinajstić information content (AvgIpc) is 3.03. The SMILES string of the molecule is COc1ccccc1CC[NH2+]C[C@H]1C(=O)O[C@@H]2CC3=CCC[C@@H](C)[C@@]3(C)[C@H](O)[C@@H]21. The summed E-state index contributed by atoms with van der Waals surface area (Å²) in [6.45, 7) is 5.96. The molecular formula is C24H34NO4+. The number of hydrogen-bond donors (Lipinski definition) is 2. The molecule has 2 aliphatic carbocycles. The Bertz CT molecular complexity index is 791. The van der Waals surface area contributed by atoms with Crippen molar-refractivity contribution in [2.45, 2.75) is 51.7 Å². The number of hydrogen-bond acceptors (Lipinski definition) is 4. The number of fused-ring (bicyclic) bond motifs is 2. The molecule has 1 heterocycles. The standard InChI is InChI=1S/C24H33NO4/c1-15-7-6-9-17-13-20-21(22(26)24(15,17)2)18(23(27)29-20)14-25-12-11-16-8-4-5-10-19(16)28-3/h4-5,8-10,15,18,20-22,25-26H,6-7,11-14H2,1-3H3/p+1/t15-,18-,20-,21-,22-,24-/m1/s1. The number of methoxy groups -OCH3 is 1. The largest absolute Gasteiger partial charge is 0.496 e. The number of benzene rings is 1. The molecule has 5 heteroatoms. The zero-order valence-electron chi connectivity index (χ0n) is 17.8. The highest BCUT2D eigenvalue weighted by atomic mass is 16.6. The van der Waals surface area contributed by atoms with Crippen molar-refractivity contribution < 1.29 is 24.7 Å². The zero-order chi connectivity index (χ0) is 20.6. The van der Waals surface area contributed by atoms with Crippen molar-refractivity contribution in [2.75, 3.05) is 20.2 Å². The molecule has 0 unspecified atom stereocenters. The summed E-state index contributed by atoms with van der Waals surface area (Å²) in [5.41, 5.74) is 2.23. The first-order valence-electron chi connectivity index (χ1n) is 11.0. The summed E-state index contributed by atoms with van der Waals surface area (Å²) in [5, 5.41) is 13.6. The minimum atomic E-state index is -0.526. The lowest BCUT2D eigenvalue weighted by Crippen LogP contribution is -2.86. The van der Waals surface area contributed by atoms with Crippen LogP contribution in [0.4, 0.5) is 0 Å². The van der Waals surface area contributed by atoms with Crippen molar-refractivity contribution in [2.24, 2.45) is 23.2 Å². The quantitative estimate of drug-likeness (QED) is 0.436. The van der Waals surface area contributed by atoms with E-state index in [1.807, 2.05) is 18.2 Å². The third-order valence-electron chi connectivity index (χ3n) is 7.80. The third-order valence-corrected chi connectivity index (χ3v) is 7.80. The molecule has 29 heavy (non-hydrogen) atoms. The van der Waals surface area contributed by atoms with Crippen molar-refractivity contribution in [1.29, 1.82) is 0 Å². The molecule has 158 valence electrons. The lowest BCUT2D eigenvalue weighted by atomic mass is 9.55. The lowest BCUT2D eigenvalue weighted by molar-refractivity contribution is -0.659. The van der Waals surface area contributed by atoms with Crippen LogP contribution in [0, 0.1) is 23.2 Å². The minimum Gasteiger partial charge on any atom is -0.496 e. The maximum absolute atomic E-state index is 12.6. The Labute approximate surface area is 173 Å². The summed E-state index contributed by atoms with van der Waals surface area (Å²) in [7, 11) is 1.69. The topological polar surface area (TPSA) is 72.4 Å². The van der Waals surface area contributed by atoms with Gasteiger partial charge < -0.3 is 19.9 Å². The predicted molar refractivity (Wildman–Crippen MR) is 110 cm³/mol. The molecule has 3 N–H and O–H groups in total. The van der Waals surface area contributed by atoms with E-state index in [-0.39, 0.29) is 29.3 Å². The maximum atomic E-state index is 12.6. The Hall–Kier alpha value is -1.85. The minimum absolute atomic E-state index is 0.104. The van der Waals surface area contributed by atoms with Crippen LogP contribution in [0.3, 0.4) is 0 Å². The second-order valence-electron chi connectivity index (χ2n) is 9.17. The third kappa shape index (κ3) is 3.49. The number of carbonyl (C=O) groups is 1. The van der Waals surface area contributed by atoms with Crippen molar-refractivity contribution in [3.63, 3.8) is 0 Å². The van der Waals surface area contributed by atoms with E-state index >= 15 is 0 Å². The molecule has 0 aromatic heterocycles. The van der Waals surface area contributed by atoms with Gasteiger partial charge in [0.15, 0.2) is 0 Å². The predicted octanol–water partition coefficient (Wildman–Crippen LogP) is 2.09. The molecule has 1 aliphatic heterocycles. The molecule has 2 fully saturated rings. The molecule has 5 nitrogen and oxygen atoms in total. The zero-order valence-corrected chi connectivity index (χ0v) is 17.8. The van der Waals surface area contributed by atoms with Gasteiger partial charge in [0, 0.05) is 24.2 Å². The van der Waals surface area contributed by atoms with Crippen molar-refractivity contribution in [1.82, 2.24) is 0 Å². The van der Waals surface area contributed by atoms with Gasteiger partial charge in [-0.05, 0) is 30.4 Å². The number of allylic oxidation sites excluding steroid dienone is 1. The van der Waals surface area contributed by atoms with Gasteiger partial charge in [-0.1, -0.05) is 43.7 Å². The normalized spacial score (nSPS) is 36.1. The van der Waals surface area contributed by atoms with E-state index in [2.05, 4.69) is 31.3 Å². The molecule has 0 amide bonds. The Morgan fingerprint density at radius 1 is 1.34 bits per heavy atom. The molecule has 4 rings (SSSR count). The van der Waals surface area contributed by atoms with Gasteiger partial charge in [-0.2, -0.15) is 0 Å². The highest BCUT2D eigenvalue weighted by Crippen LogP contribution is 2.55. The summed E-state index contributed by atoms with van der Waals surface area (Å²) < 4.78 is 11.2. The highest BCUT2D eigenvalue weighted by molar-refractivity contribution is 5.76.